The van der Waals surface area contributed by atoms with Crippen LogP contribution in [-0.2, 0) is 6.54 Å². The third-order valence-electron chi connectivity index (χ3n) is 5.27. The summed E-state index contributed by atoms with van der Waals surface area (Å²) in [5, 5.41) is 3.83. The van der Waals surface area contributed by atoms with E-state index < -0.39 is 0 Å². The van der Waals surface area contributed by atoms with Crippen LogP contribution in [0.15, 0.2) is 18.2 Å². The number of hydrogen-bond donors (Lipinski definition) is 1. The van der Waals surface area contributed by atoms with E-state index in [0.717, 1.165) is 18.8 Å². The lowest BCUT2D eigenvalue weighted by molar-refractivity contribution is 0.0819. The summed E-state index contributed by atoms with van der Waals surface area (Å²) in [6, 6.07) is 7.08. The van der Waals surface area contributed by atoms with Crippen LogP contribution in [0.1, 0.15) is 43.7 Å². The van der Waals surface area contributed by atoms with Crippen molar-refractivity contribution in [2.75, 3.05) is 20.2 Å². The van der Waals surface area contributed by atoms with Crippen LogP contribution in [0.5, 0.6) is 5.75 Å². The quantitative estimate of drug-likeness (QED) is 0.925. The third kappa shape index (κ3) is 3.09. The van der Waals surface area contributed by atoms with Gasteiger partial charge >= 0.3 is 0 Å². The maximum atomic E-state index is 5.55. The Labute approximate surface area is 128 Å². The van der Waals surface area contributed by atoms with Crippen LogP contribution in [0.2, 0.25) is 0 Å². The van der Waals surface area contributed by atoms with E-state index in [4.69, 9.17) is 4.74 Å². The highest BCUT2D eigenvalue weighted by Crippen LogP contribution is 2.34. The van der Waals surface area contributed by atoms with Crippen molar-refractivity contribution in [2.24, 2.45) is 0 Å². The predicted octanol–water partition coefficient (Wildman–Crippen LogP) is 3.11. The molecule has 2 fully saturated rings. The molecule has 1 aromatic carbocycles. The molecule has 3 nitrogen and oxygen atoms in total. The monoisotopic (exact) mass is 288 g/mol. The standard InChI is InChI=1S/C18H28N2O/c1-14-6-7-17(21-3)16(10-14)12-20-13-18(8-4-5-9-18)19-11-15(20)2/h6-7,10,15,19H,4-5,8-9,11-13H2,1-3H3. The molecular formula is C18H28N2O. The van der Waals surface area contributed by atoms with Gasteiger partial charge in [-0.2, -0.15) is 0 Å². The Balaban J connectivity index is 1.77. The first-order chi connectivity index (χ1) is 10.1. The van der Waals surface area contributed by atoms with Crippen molar-refractivity contribution >= 4 is 0 Å². The van der Waals surface area contributed by atoms with Gasteiger partial charge in [-0.15, -0.1) is 0 Å². The maximum Gasteiger partial charge on any atom is 0.123 e. The Morgan fingerprint density at radius 2 is 2.10 bits per heavy atom. The lowest BCUT2D eigenvalue weighted by Gasteiger charge is -2.45. The van der Waals surface area contributed by atoms with Crippen LogP contribution < -0.4 is 10.1 Å². The number of hydrogen-bond acceptors (Lipinski definition) is 3. The van der Waals surface area contributed by atoms with Crippen molar-refractivity contribution in [3.05, 3.63) is 29.3 Å². The Morgan fingerprint density at radius 3 is 2.81 bits per heavy atom. The second kappa shape index (κ2) is 5.98. The summed E-state index contributed by atoms with van der Waals surface area (Å²) in [6.45, 7) is 7.76. The molecule has 0 amide bonds. The van der Waals surface area contributed by atoms with Gasteiger partial charge in [0.15, 0.2) is 0 Å². The molecule has 1 atom stereocenters. The topological polar surface area (TPSA) is 24.5 Å². The lowest BCUT2D eigenvalue weighted by atomic mass is 9.92. The summed E-state index contributed by atoms with van der Waals surface area (Å²) in [5.41, 5.74) is 3.01. The average Bonchev–Trinajstić information content (AvgIpc) is 2.92. The molecule has 1 unspecified atom stereocenters. The summed E-state index contributed by atoms with van der Waals surface area (Å²) in [6.07, 6.45) is 5.42. The van der Waals surface area contributed by atoms with E-state index in [2.05, 4.69) is 42.3 Å². The minimum absolute atomic E-state index is 0.379. The fraction of sp³-hybridized carbons (Fsp3) is 0.667. The van der Waals surface area contributed by atoms with Gasteiger partial charge in [-0.25, -0.2) is 0 Å². The van der Waals surface area contributed by atoms with E-state index in [1.165, 1.54) is 43.4 Å². The highest BCUT2D eigenvalue weighted by molar-refractivity contribution is 5.37. The van der Waals surface area contributed by atoms with E-state index in [-0.39, 0.29) is 0 Å². The number of methoxy groups -OCH3 is 1. The molecule has 1 spiro atoms. The molecule has 1 N–H and O–H groups in total. The number of nitrogens with zero attached hydrogens (tertiary/aromatic N) is 1. The predicted molar refractivity (Wildman–Crippen MR) is 86.8 cm³/mol. The molecule has 1 aliphatic carbocycles. The maximum absolute atomic E-state index is 5.55. The normalized spacial score (nSPS) is 25.4. The number of aryl methyl sites for hydroxylation is 1. The van der Waals surface area contributed by atoms with E-state index >= 15 is 0 Å². The van der Waals surface area contributed by atoms with Gasteiger partial charge in [0.1, 0.15) is 5.75 Å². The molecule has 1 heterocycles. The summed E-state index contributed by atoms with van der Waals surface area (Å²) in [4.78, 5) is 2.64. The van der Waals surface area contributed by atoms with Crippen LogP contribution in [0.25, 0.3) is 0 Å². The minimum atomic E-state index is 0.379. The summed E-state index contributed by atoms with van der Waals surface area (Å²) in [5.74, 6) is 1.02. The molecule has 21 heavy (non-hydrogen) atoms. The number of ether oxygens (including phenoxy) is 1. The van der Waals surface area contributed by atoms with Gasteiger partial charge in [0.25, 0.3) is 0 Å². The number of rotatable bonds is 3. The van der Waals surface area contributed by atoms with E-state index in [1.807, 2.05) is 0 Å². The summed E-state index contributed by atoms with van der Waals surface area (Å²) < 4.78 is 5.55. The van der Waals surface area contributed by atoms with Gasteiger partial charge in [-0.05, 0) is 32.8 Å². The van der Waals surface area contributed by atoms with Gasteiger partial charge in [-0.3, -0.25) is 4.90 Å². The molecule has 0 bridgehead atoms. The Hall–Kier alpha value is -1.06. The second-order valence-electron chi connectivity index (χ2n) is 6.94. The zero-order chi connectivity index (χ0) is 14.9. The van der Waals surface area contributed by atoms with Crippen molar-refractivity contribution in [3.8, 4) is 5.75 Å². The molecule has 2 aliphatic rings. The number of piperazine rings is 1. The largest absolute Gasteiger partial charge is 0.496 e. The van der Waals surface area contributed by atoms with Gasteiger partial charge in [0.2, 0.25) is 0 Å². The molecular weight excluding hydrogens is 260 g/mol. The van der Waals surface area contributed by atoms with Crippen molar-refractivity contribution < 1.29 is 4.74 Å². The summed E-state index contributed by atoms with van der Waals surface area (Å²) in [7, 11) is 1.77. The zero-order valence-corrected chi connectivity index (χ0v) is 13.6. The van der Waals surface area contributed by atoms with Crippen molar-refractivity contribution in [1.82, 2.24) is 10.2 Å². The molecule has 1 saturated carbocycles. The second-order valence-corrected chi connectivity index (χ2v) is 6.94. The SMILES string of the molecule is COc1ccc(C)cc1CN1CC2(CCCC2)NCC1C. The Kier molecular flexibility index (Phi) is 4.23. The molecule has 0 radical (unpaired) electrons. The van der Waals surface area contributed by atoms with Crippen LogP contribution in [-0.4, -0.2) is 36.7 Å². The van der Waals surface area contributed by atoms with E-state index in [0.29, 0.717) is 11.6 Å². The fourth-order valence-electron chi connectivity index (χ4n) is 3.94. The molecule has 1 aromatic rings. The molecule has 0 aromatic heterocycles. The van der Waals surface area contributed by atoms with Crippen molar-refractivity contribution in [2.45, 2.75) is 57.7 Å². The molecule has 116 valence electrons. The third-order valence-corrected chi connectivity index (χ3v) is 5.27. The van der Waals surface area contributed by atoms with Gasteiger partial charge in [0, 0.05) is 36.8 Å². The Morgan fingerprint density at radius 1 is 1.33 bits per heavy atom. The smallest absolute Gasteiger partial charge is 0.123 e. The minimum Gasteiger partial charge on any atom is -0.496 e. The lowest BCUT2D eigenvalue weighted by Crippen LogP contribution is -2.62. The van der Waals surface area contributed by atoms with Gasteiger partial charge in [-0.1, -0.05) is 30.5 Å². The zero-order valence-electron chi connectivity index (χ0n) is 13.6. The van der Waals surface area contributed by atoms with Crippen LogP contribution in [0.4, 0.5) is 0 Å². The number of benzene rings is 1. The first-order valence-electron chi connectivity index (χ1n) is 8.24. The first-order valence-corrected chi connectivity index (χ1v) is 8.24. The molecule has 3 heteroatoms. The molecule has 1 aliphatic heterocycles. The van der Waals surface area contributed by atoms with Gasteiger partial charge < -0.3 is 10.1 Å². The molecule has 1 saturated heterocycles. The Bertz CT molecular complexity index is 494. The van der Waals surface area contributed by atoms with Crippen LogP contribution >= 0.6 is 0 Å². The number of nitrogens with one attached hydrogen (secondary N) is 1. The first kappa shape index (κ1) is 14.9. The highest BCUT2D eigenvalue weighted by atomic mass is 16.5. The summed E-state index contributed by atoms with van der Waals surface area (Å²) >= 11 is 0. The van der Waals surface area contributed by atoms with E-state index in [9.17, 15) is 0 Å². The average molecular weight is 288 g/mol. The fourth-order valence-corrected chi connectivity index (χ4v) is 3.94. The van der Waals surface area contributed by atoms with Crippen LogP contribution in [0, 0.1) is 6.92 Å². The van der Waals surface area contributed by atoms with Crippen LogP contribution in [0.3, 0.4) is 0 Å². The van der Waals surface area contributed by atoms with Crippen molar-refractivity contribution in [1.29, 1.82) is 0 Å². The van der Waals surface area contributed by atoms with E-state index in [1.54, 1.807) is 7.11 Å². The highest BCUT2D eigenvalue weighted by Gasteiger charge is 2.39. The van der Waals surface area contributed by atoms with Gasteiger partial charge in [0.05, 0.1) is 7.11 Å². The molecule has 3 rings (SSSR count). The van der Waals surface area contributed by atoms with Crippen molar-refractivity contribution in [3.63, 3.8) is 0 Å².